The molecule has 0 spiro atoms. The van der Waals surface area contributed by atoms with E-state index in [-0.39, 0.29) is 24.2 Å². The topological polar surface area (TPSA) is 82.2 Å². The van der Waals surface area contributed by atoms with Gasteiger partial charge in [-0.25, -0.2) is 0 Å². The van der Waals surface area contributed by atoms with Crippen molar-refractivity contribution in [1.29, 1.82) is 0 Å². The van der Waals surface area contributed by atoms with Crippen LogP contribution in [0.5, 0.6) is 5.75 Å². The fraction of sp³-hybridized carbons (Fsp3) is 0.350. The van der Waals surface area contributed by atoms with E-state index in [2.05, 4.69) is 15.6 Å². The summed E-state index contributed by atoms with van der Waals surface area (Å²) >= 11 is 6.12. The van der Waals surface area contributed by atoms with Crippen LogP contribution in [0, 0.1) is 13.8 Å². The van der Waals surface area contributed by atoms with E-state index in [0.717, 1.165) is 17.8 Å². The van der Waals surface area contributed by atoms with Crippen LogP contribution in [0.4, 0.5) is 0 Å². The van der Waals surface area contributed by atoms with Crippen LogP contribution in [0.3, 0.4) is 0 Å². The molecule has 0 fully saturated rings. The van der Waals surface area contributed by atoms with E-state index >= 15 is 0 Å². The van der Waals surface area contributed by atoms with E-state index in [9.17, 15) is 4.79 Å². The maximum Gasteiger partial charge on any atom is 0.274 e. The van der Waals surface area contributed by atoms with Gasteiger partial charge in [0.15, 0.2) is 5.69 Å². The maximum atomic E-state index is 12.8. The minimum absolute atomic E-state index is 0.128. The third-order valence-corrected chi connectivity index (χ3v) is 4.84. The first-order valence-electron chi connectivity index (χ1n) is 9.08. The Morgan fingerprint density at radius 3 is 2.79 bits per heavy atom. The number of hydrogen-bond acceptors (Lipinski definition) is 5. The van der Waals surface area contributed by atoms with Crippen molar-refractivity contribution in [3.05, 3.63) is 63.8 Å². The number of halogens is 1. The molecule has 7 nitrogen and oxygen atoms in total. The van der Waals surface area contributed by atoms with Crippen LogP contribution >= 0.6 is 11.6 Å². The molecule has 1 atom stereocenters. The van der Waals surface area contributed by atoms with Gasteiger partial charge in [-0.2, -0.15) is 5.10 Å². The Labute approximate surface area is 168 Å². The number of carbonyl (C=O) groups excluding carboxylic acids is 1. The van der Waals surface area contributed by atoms with E-state index in [1.807, 2.05) is 43.8 Å². The van der Waals surface area contributed by atoms with Crippen molar-refractivity contribution in [3.63, 3.8) is 0 Å². The molecular weight excluding hydrogens is 380 g/mol. The van der Waals surface area contributed by atoms with Gasteiger partial charge in [-0.1, -0.05) is 28.9 Å². The number of rotatable bonds is 7. The SMILES string of the molecule is CCn1cc(C(C)NC(=O)c2noc(C)c2COc2ccccc2Cl)c(C)n1. The van der Waals surface area contributed by atoms with E-state index in [1.54, 1.807) is 19.1 Å². The van der Waals surface area contributed by atoms with Gasteiger partial charge in [-0.15, -0.1) is 0 Å². The van der Waals surface area contributed by atoms with Crippen LogP contribution in [-0.4, -0.2) is 20.8 Å². The van der Waals surface area contributed by atoms with Gasteiger partial charge < -0.3 is 14.6 Å². The van der Waals surface area contributed by atoms with Gasteiger partial charge >= 0.3 is 0 Å². The molecule has 2 heterocycles. The van der Waals surface area contributed by atoms with Gasteiger partial charge in [0.1, 0.15) is 18.1 Å². The molecule has 1 N–H and O–H groups in total. The van der Waals surface area contributed by atoms with Crippen molar-refractivity contribution in [2.45, 2.75) is 46.9 Å². The lowest BCUT2D eigenvalue weighted by Crippen LogP contribution is -2.28. The van der Waals surface area contributed by atoms with Crippen molar-refractivity contribution in [1.82, 2.24) is 20.3 Å². The van der Waals surface area contributed by atoms with Crippen LogP contribution in [0.25, 0.3) is 0 Å². The Balaban J connectivity index is 1.73. The lowest BCUT2D eigenvalue weighted by molar-refractivity contribution is 0.0928. The van der Waals surface area contributed by atoms with Crippen LogP contribution in [0.2, 0.25) is 5.02 Å². The number of amides is 1. The average molecular weight is 403 g/mol. The Kier molecular flexibility index (Phi) is 6.04. The monoisotopic (exact) mass is 402 g/mol. The summed E-state index contributed by atoms with van der Waals surface area (Å²) in [5, 5.41) is 11.8. The Hall–Kier alpha value is -2.80. The van der Waals surface area contributed by atoms with Crippen molar-refractivity contribution < 1.29 is 14.1 Å². The van der Waals surface area contributed by atoms with Gasteiger partial charge in [0.2, 0.25) is 0 Å². The van der Waals surface area contributed by atoms with Gasteiger partial charge in [0.05, 0.1) is 22.3 Å². The summed E-state index contributed by atoms with van der Waals surface area (Å²) in [7, 11) is 0. The van der Waals surface area contributed by atoms with Crippen LogP contribution in [0.15, 0.2) is 35.0 Å². The summed E-state index contributed by atoms with van der Waals surface area (Å²) in [6, 6.07) is 6.94. The van der Waals surface area contributed by atoms with Gasteiger partial charge in [0.25, 0.3) is 5.91 Å². The Morgan fingerprint density at radius 2 is 2.11 bits per heavy atom. The molecule has 3 rings (SSSR count). The highest BCUT2D eigenvalue weighted by atomic mass is 35.5. The molecule has 2 aromatic heterocycles. The molecular formula is C20H23ClN4O3. The zero-order valence-electron chi connectivity index (χ0n) is 16.3. The van der Waals surface area contributed by atoms with E-state index in [1.165, 1.54) is 0 Å². The van der Waals surface area contributed by atoms with Gasteiger partial charge in [-0.05, 0) is 39.8 Å². The number of carbonyl (C=O) groups is 1. The summed E-state index contributed by atoms with van der Waals surface area (Å²) in [5.41, 5.74) is 2.64. The molecule has 0 aliphatic rings. The van der Waals surface area contributed by atoms with E-state index in [4.69, 9.17) is 20.9 Å². The van der Waals surface area contributed by atoms with Crippen LogP contribution < -0.4 is 10.1 Å². The number of nitrogens with zero attached hydrogens (tertiary/aromatic N) is 3. The molecule has 1 unspecified atom stereocenters. The fourth-order valence-corrected chi connectivity index (χ4v) is 3.10. The second kappa shape index (κ2) is 8.48. The minimum Gasteiger partial charge on any atom is -0.487 e. The Bertz CT molecular complexity index is 980. The summed E-state index contributed by atoms with van der Waals surface area (Å²) in [4.78, 5) is 12.8. The van der Waals surface area contributed by atoms with Crippen LogP contribution in [0.1, 0.15) is 53.0 Å². The standard InChI is InChI=1S/C20H23ClN4O3/c1-5-25-10-15(13(3)23-25)12(2)22-20(26)19-16(14(4)28-24-19)11-27-18-9-7-6-8-17(18)21/h6-10,12H,5,11H2,1-4H3,(H,22,26). The molecule has 1 amide bonds. The Morgan fingerprint density at radius 1 is 1.36 bits per heavy atom. The number of hydrogen-bond donors (Lipinski definition) is 1. The number of ether oxygens (including phenoxy) is 1. The highest BCUT2D eigenvalue weighted by Gasteiger charge is 2.23. The lowest BCUT2D eigenvalue weighted by atomic mass is 10.1. The van der Waals surface area contributed by atoms with Crippen molar-refractivity contribution >= 4 is 17.5 Å². The third kappa shape index (κ3) is 4.20. The molecule has 0 saturated heterocycles. The second-order valence-corrected chi connectivity index (χ2v) is 6.91. The normalized spacial score (nSPS) is 12.0. The van der Waals surface area contributed by atoms with Gasteiger partial charge in [0, 0.05) is 18.3 Å². The lowest BCUT2D eigenvalue weighted by Gasteiger charge is -2.13. The number of aryl methyl sites for hydroxylation is 3. The van der Waals surface area contributed by atoms with E-state index < -0.39 is 0 Å². The summed E-state index contributed by atoms with van der Waals surface area (Å²) in [6.45, 7) is 8.50. The average Bonchev–Trinajstić information content (AvgIpc) is 3.23. The predicted octanol–water partition coefficient (Wildman–Crippen LogP) is 4.23. The molecule has 0 bridgehead atoms. The zero-order chi connectivity index (χ0) is 20.3. The van der Waals surface area contributed by atoms with Crippen molar-refractivity contribution in [2.24, 2.45) is 0 Å². The molecule has 0 radical (unpaired) electrons. The molecule has 148 valence electrons. The number of nitrogens with one attached hydrogen (secondary N) is 1. The first kappa shape index (κ1) is 19.9. The quantitative estimate of drug-likeness (QED) is 0.639. The molecule has 0 saturated carbocycles. The summed E-state index contributed by atoms with van der Waals surface area (Å²) < 4.78 is 12.8. The van der Waals surface area contributed by atoms with Crippen LogP contribution in [-0.2, 0) is 13.2 Å². The predicted molar refractivity (Wildman–Crippen MR) is 106 cm³/mol. The fourth-order valence-electron chi connectivity index (χ4n) is 2.91. The first-order chi connectivity index (χ1) is 13.4. The third-order valence-electron chi connectivity index (χ3n) is 4.53. The number of aromatic nitrogens is 3. The minimum atomic E-state index is -0.328. The first-order valence-corrected chi connectivity index (χ1v) is 9.45. The molecule has 1 aromatic carbocycles. The van der Waals surface area contributed by atoms with Crippen molar-refractivity contribution in [2.75, 3.05) is 0 Å². The largest absolute Gasteiger partial charge is 0.487 e. The highest BCUT2D eigenvalue weighted by Crippen LogP contribution is 2.25. The smallest absolute Gasteiger partial charge is 0.274 e. The number of benzene rings is 1. The zero-order valence-corrected chi connectivity index (χ0v) is 17.1. The van der Waals surface area contributed by atoms with E-state index in [0.29, 0.717) is 22.1 Å². The molecule has 0 aliphatic heterocycles. The summed E-state index contributed by atoms with van der Waals surface area (Å²) in [6.07, 6.45) is 1.94. The van der Waals surface area contributed by atoms with Gasteiger partial charge in [-0.3, -0.25) is 9.48 Å². The molecule has 28 heavy (non-hydrogen) atoms. The highest BCUT2D eigenvalue weighted by molar-refractivity contribution is 6.32. The number of para-hydroxylation sites is 1. The second-order valence-electron chi connectivity index (χ2n) is 6.51. The molecule has 8 heteroatoms. The van der Waals surface area contributed by atoms with Crippen molar-refractivity contribution in [3.8, 4) is 5.75 Å². The molecule has 0 aliphatic carbocycles. The maximum absolute atomic E-state index is 12.8. The molecule has 3 aromatic rings. The summed E-state index contributed by atoms with van der Waals surface area (Å²) in [5.74, 6) is 0.734.